The predicted octanol–water partition coefficient (Wildman–Crippen LogP) is 3.29. The SMILES string of the molecule is CC(c1cccc(F)c1)N1CCN(Cc2ncn(-c3ccccc3)n2)CC1. The van der Waals surface area contributed by atoms with Gasteiger partial charge in [-0.05, 0) is 36.8 Å². The fourth-order valence-corrected chi connectivity index (χ4v) is 3.56. The van der Waals surface area contributed by atoms with E-state index in [2.05, 4.69) is 26.8 Å². The van der Waals surface area contributed by atoms with Crippen molar-refractivity contribution in [3.05, 3.63) is 78.1 Å². The van der Waals surface area contributed by atoms with Crippen LogP contribution in [0.2, 0.25) is 0 Å². The molecule has 140 valence electrons. The number of piperazine rings is 1. The topological polar surface area (TPSA) is 37.2 Å². The van der Waals surface area contributed by atoms with Gasteiger partial charge in [0, 0.05) is 32.2 Å². The third-order valence-electron chi connectivity index (χ3n) is 5.21. The summed E-state index contributed by atoms with van der Waals surface area (Å²) in [5.74, 6) is 0.670. The molecule has 3 aromatic rings. The lowest BCUT2D eigenvalue weighted by Crippen LogP contribution is -2.46. The first-order valence-corrected chi connectivity index (χ1v) is 9.37. The molecule has 2 aromatic carbocycles. The highest BCUT2D eigenvalue weighted by atomic mass is 19.1. The first-order chi connectivity index (χ1) is 13.2. The van der Waals surface area contributed by atoms with Crippen molar-refractivity contribution in [3.63, 3.8) is 0 Å². The molecule has 1 saturated heterocycles. The van der Waals surface area contributed by atoms with Gasteiger partial charge in [0.1, 0.15) is 12.1 Å². The summed E-state index contributed by atoms with van der Waals surface area (Å²) in [6, 6.07) is 17.2. The number of nitrogens with zero attached hydrogens (tertiary/aromatic N) is 5. The lowest BCUT2D eigenvalue weighted by atomic mass is 10.1. The molecule has 0 saturated carbocycles. The Morgan fingerprint density at radius 1 is 1.00 bits per heavy atom. The van der Waals surface area contributed by atoms with E-state index in [-0.39, 0.29) is 11.9 Å². The molecule has 4 rings (SSSR count). The van der Waals surface area contributed by atoms with E-state index in [1.54, 1.807) is 18.5 Å². The second-order valence-electron chi connectivity index (χ2n) is 6.98. The molecule has 27 heavy (non-hydrogen) atoms. The van der Waals surface area contributed by atoms with Crippen LogP contribution in [-0.4, -0.2) is 50.7 Å². The standard InChI is InChI=1S/C21H24FN5/c1-17(18-6-5-7-19(22)14-18)26-12-10-25(11-13-26)15-21-23-16-27(24-21)20-8-3-2-4-9-20/h2-9,14,16-17H,10-13,15H2,1H3. The average Bonchev–Trinajstić information content (AvgIpc) is 3.17. The van der Waals surface area contributed by atoms with Crippen LogP contribution in [0.4, 0.5) is 4.39 Å². The number of halogens is 1. The molecule has 1 aromatic heterocycles. The molecule has 1 atom stereocenters. The summed E-state index contributed by atoms with van der Waals surface area (Å²) in [7, 11) is 0. The second-order valence-corrected chi connectivity index (χ2v) is 6.98. The lowest BCUT2D eigenvalue weighted by Gasteiger charge is -2.37. The van der Waals surface area contributed by atoms with Crippen LogP contribution in [0.5, 0.6) is 0 Å². The molecule has 0 amide bonds. The molecule has 2 heterocycles. The maximum atomic E-state index is 13.5. The molecular weight excluding hydrogens is 341 g/mol. The molecule has 0 spiro atoms. The quantitative estimate of drug-likeness (QED) is 0.695. The van der Waals surface area contributed by atoms with Gasteiger partial charge in [-0.15, -0.1) is 5.10 Å². The van der Waals surface area contributed by atoms with Gasteiger partial charge in [0.25, 0.3) is 0 Å². The van der Waals surface area contributed by atoms with E-state index in [9.17, 15) is 4.39 Å². The van der Waals surface area contributed by atoms with Crippen LogP contribution in [0.3, 0.4) is 0 Å². The number of rotatable bonds is 5. The van der Waals surface area contributed by atoms with Gasteiger partial charge in [-0.1, -0.05) is 30.3 Å². The van der Waals surface area contributed by atoms with Crippen molar-refractivity contribution in [2.45, 2.75) is 19.5 Å². The summed E-state index contributed by atoms with van der Waals surface area (Å²) < 4.78 is 15.3. The van der Waals surface area contributed by atoms with Crippen LogP contribution < -0.4 is 0 Å². The van der Waals surface area contributed by atoms with Crippen molar-refractivity contribution >= 4 is 0 Å². The van der Waals surface area contributed by atoms with Gasteiger partial charge >= 0.3 is 0 Å². The maximum Gasteiger partial charge on any atom is 0.164 e. The Morgan fingerprint density at radius 3 is 2.52 bits per heavy atom. The Hall–Kier alpha value is -2.57. The first-order valence-electron chi connectivity index (χ1n) is 9.37. The van der Waals surface area contributed by atoms with Gasteiger partial charge in [-0.3, -0.25) is 9.80 Å². The van der Waals surface area contributed by atoms with Crippen LogP contribution in [0.1, 0.15) is 24.4 Å². The summed E-state index contributed by atoms with van der Waals surface area (Å²) in [6.45, 7) is 6.72. The smallest absolute Gasteiger partial charge is 0.164 e. The van der Waals surface area contributed by atoms with Gasteiger partial charge < -0.3 is 0 Å². The predicted molar refractivity (Wildman–Crippen MR) is 103 cm³/mol. The Bertz CT molecular complexity index is 871. The van der Waals surface area contributed by atoms with E-state index in [0.29, 0.717) is 0 Å². The second kappa shape index (κ2) is 7.98. The fraction of sp³-hybridized carbons (Fsp3) is 0.333. The third-order valence-corrected chi connectivity index (χ3v) is 5.21. The number of para-hydroxylation sites is 1. The lowest BCUT2D eigenvalue weighted by molar-refractivity contribution is 0.0961. The third kappa shape index (κ3) is 4.23. The number of aromatic nitrogens is 3. The maximum absolute atomic E-state index is 13.5. The number of benzene rings is 2. The Balaban J connectivity index is 1.33. The summed E-state index contributed by atoms with van der Waals surface area (Å²) >= 11 is 0. The Kier molecular flexibility index (Phi) is 5.27. The molecule has 0 aliphatic carbocycles. The summed E-state index contributed by atoms with van der Waals surface area (Å²) in [6.07, 6.45) is 1.77. The van der Waals surface area contributed by atoms with Crippen molar-refractivity contribution < 1.29 is 4.39 Å². The van der Waals surface area contributed by atoms with Gasteiger partial charge in [-0.25, -0.2) is 14.1 Å². The molecule has 1 fully saturated rings. The summed E-state index contributed by atoms with van der Waals surface area (Å²) in [5.41, 5.74) is 2.05. The minimum absolute atomic E-state index is 0.168. The van der Waals surface area contributed by atoms with Crippen LogP contribution >= 0.6 is 0 Å². The highest BCUT2D eigenvalue weighted by molar-refractivity contribution is 5.29. The normalized spacial score (nSPS) is 17.1. The zero-order chi connectivity index (χ0) is 18.6. The molecule has 0 bridgehead atoms. The molecule has 6 heteroatoms. The van der Waals surface area contributed by atoms with Crippen molar-refractivity contribution in [1.29, 1.82) is 0 Å². The van der Waals surface area contributed by atoms with E-state index in [1.807, 2.05) is 41.1 Å². The van der Waals surface area contributed by atoms with Crippen LogP contribution in [-0.2, 0) is 6.54 Å². The molecule has 5 nitrogen and oxygen atoms in total. The monoisotopic (exact) mass is 365 g/mol. The average molecular weight is 365 g/mol. The van der Waals surface area contributed by atoms with E-state index in [1.165, 1.54) is 6.07 Å². The van der Waals surface area contributed by atoms with E-state index in [0.717, 1.165) is 49.8 Å². The van der Waals surface area contributed by atoms with Gasteiger partial charge in [-0.2, -0.15) is 0 Å². The molecular formula is C21H24FN5. The molecule has 1 unspecified atom stereocenters. The summed E-state index contributed by atoms with van der Waals surface area (Å²) in [4.78, 5) is 9.23. The van der Waals surface area contributed by atoms with E-state index in [4.69, 9.17) is 0 Å². The fourth-order valence-electron chi connectivity index (χ4n) is 3.56. The molecule has 0 radical (unpaired) electrons. The molecule has 1 aliphatic rings. The zero-order valence-electron chi connectivity index (χ0n) is 15.5. The highest BCUT2D eigenvalue weighted by Gasteiger charge is 2.23. The minimum atomic E-state index is -0.168. The van der Waals surface area contributed by atoms with Crippen LogP contribution in [0.15, 0.2) is 60.9 Å². The van der Waals surface area contributed by atoms with Crippen molar-refractivity contribution in [1.82, 2.24) is 24.6 Å². The number of hydrogen-bond acceptors (Lipinski definition) is 4. The Morgan fingerprint density at radius 2 is 1.78 bits per heavy atom. The Labute approximate surface area is 159 Å². The zero-order valence-corrected chi connectivity index (χ0v) is 15.5. The largest absolute Gasteiger partial charge is 0.294 e. The molecule has 1 aliphatic heterocycles. The van der Waals surface area contributed by atoms with Crippen molar-refractivity contribution in [2.24, 2.45) is 0 Å². The van der Waals surface area contributed by atoms with E-state index >= 15 is 0 Å². The van der Waals surface area contributed by atoms with Gasteiger partial charge in [0.05, 0.1) is 12.2 Å². The van der Waals surface area contributed by atoms with Crippen molar-refractivity contribution in [3.8, 4) is 5.69 Å². The van der Waals surface area contributed by atoms with E-state index < -0.39 is 0 Å². The first kappa shape index (κ1) is 17.8. The number of hydrogen-bond donors (Lipinski definition) is 0. The van der Waals surface area contributed by atoms with Crippen molar-refractivity contribution in [2.75, 3.05) is 26.2 Å². The van der Waals surface area contributed by atoms with Gasteiger partial charge in [0.2, 0.25) is 0 Å². The molecule has 0 N–H and O–H groups in total. The summed E-state index contributed by atoms with van der Waals surface area (Å²) in [5, 5.41) is 4.59. The van der Waals surface area contributed by atoms with Crippen LogP contribution in [0.25, 0.3) is 5.69 Å². The van der Waals surface area contributed by atoms with Gasteiger partial charge in [0.15, 0.2) is 5.82 Å². The minimum Gasteiger partial charge on any atom is -0.294 e. The highest BCUT2D eigenvalue weighted by Crippen LogP contribution is 2.22. The van der Waals surface area contributed by atoms with Crippen LogP contribution in [0, 0.1) is 5.82 Å².